The largest absolute Gasteiger partial charge is 0.493 e. The highest BCUT2D eigenvalue weighted by Gasteiger charge is 2.40. The Morgan fingerprint density at radius 2 is 1.57 bits per heavy atom. The quantitative estimate of drug-likeness (QED) is 0.102. The normalized spacial score (nSPS) is 15.4. The van der Waals surface area contributed by atoms with Crippen LogP contribution in [0.2, 0.25) is 0 Å². The Morgan fingerprint density at radius 3 is 2.26 bits per heavy atom. The second-order valence-corrected chi connectivity index (χ2v) is 15.6. The maximum Gasteiger partial charge on any atom is 0.267 e. The summed E-state index contributed by atoms with van der Waals surface area (Å²) in [6.07, 6.45) is 2.91. The number of ether oxygens (including phenoxy) is 1. The number of aromatic nitrogens is 4. The Labute approximate surface area is 321 Å². The smallest absolute Gasteiger partial charge is 0.267 e. The van der Waals surface area contributed by atoms with Crippen molar-refractivity contribution in [3.63, 3.8) is 0 Å². The van der Waals surface area contributed by atoms with Crippen molar-refractivity contribution in [2.75, 3.05) is 16.9 Å². The molecule has 0 unspecified atom stereocenters. The summed E-state index contributed by atoms with van der Waals surface area (Å²) in [7, 11) is 0. The maximum absolute atomic E-state index is 14.0. The van der Waals surface area contributed by atoms with Crippen LogP contribution in [0, 0.1) is 0 Å². The summed E-state index contributed by atoms with van der Waals surface area (Å²) >= 11 is 1.21. The molecular formula is C42H48N8O3S. The van der Waals surface area contributed by atoms with Gasteiger partial charge in [0.05, 0.1) is 23.7 Å². The monoisotopic (exact) mass is 744 g/mol. The predicted octanol–water partition coefficient (Wildman–Crippen LogP) is 8.58. The van der Waals surface area contributed by atoms with E-state index in [0.29, 0.717) is 47.5 Å². The van der Waals surface area contributed by atoms with Gasteiger partial charge in [0.15, 0.2) is 5.25 Å². The first-order valence-corrected chi connectivity index (χ1v) is 19.3. The number of benzene rings is 4. The molecule has 1 atom stereocenters. The summed E-state index contributed by atoms with van der Waals surface area (Å²) in [4.78, 5) is 31.7. The highest BCUT2D eigenvalue weighted by atomic mass is 32.2. The van der Waals surface area contributed by atoms with E-state index in [1.165, 1.54) is 27.9 Å². The Morgan fingerprint density at radius 1 is 0.889 bits per heavy atom. The Balaban J connectivity index is 1.09. The van der Waals surface area contributed by atoms with Crippen LogP contribution in [-0.4, -0.2) is 49.7 Å². The number of rotatable bonds is 15. The molecule has 11 nitrogen and oxygen atoms in total. The molecule has 1 fully saturated rings. The molecule has 1 aliphatic rings. The summed E-state index contributed by atoms with van der Waals surface area (Å²) in [5.74, 6) is 0.986. The van der Waals surface area contributed by atoms with Gasteiger partial charge in [0.2, 0.25) is 11.1 Å². The fourth-order valence-corrected chi connectivity index (χ4v) is 6.87. The molecule has 54 heavy (non-hydrogen) atoms. The summed E-state index contributed by atoms with van der Waals surface area (Å²) in [6, 6.07) is 32.6. The van der Waals surface area contributed by atoms with Gasteiger partial charge in [0.1, 0.15) is 11.6 Å². The number of amides is 2. The van der Waals surface area contributed by atoms with E-state index in [9.17, 15) is 9.59 Å². The number of thioether (sulfide) groups is 1. The molecule has 12 heteroatoms. The molecule has 0 spiro atoms. The van der Waals surface area contributed by atoms with E-state index in [2.05, 4.69) is 86.0 Å². The van der Waals surface area contributed by atoms with Crippen LogP contribution in [0.15, 0.2) is 113 Å². The van der Waals surface area contributed by atoms with Crippen LogP contribution in [0.4, 0.5) is 17.1 Å². The number of aliphatic imine (C=N–C) groups is 1. The van der Waals surface area contributed by atoms with Gasteiger partial charge >= 0.3 is 0 Å². The highest BCUT2D eigenvalue weighted by molar-refractivity contribution is 8.01. The molecule has 0 saturated carbocycles. The zero-order valence-corrected chi connectivity index (χ0v) is 32.6. The molecule has 2 N–H and O–H groups in total. The number of nitrogens with one attached hydrogen (secondary N) is 2. The van der Waals surface area contributed by atoms with Crippen LogP contribution in [-0.2, 0) is 20.4 Å². The van der Waals surface area contributed by atoms with Crippen molar-refractivity contribution >= 4 is 46.5 Å². The van der Waals surface area contributed by atoms with Crippen molar-refractivity contribution in [3.05, 3.63) is 114 Å². The van der Waals surface area contributed by atoms with Gasteiger partial charge in [-0.15, -0.1) is 5.10 Å². The fraction of sp³-hybridized carbons (Fsp3) is 0.333. The number of hydrogen-bond donors (Lipinski definition) is 2. The van der Waals surface area contributed by atoms with Crippen LogP contribution < -0.4 is 20.5 Å². The van der Waals surface area contributed by atoms with Crippen LogP contribution in [0.25, 0.3) is 5.69 Å². The number of tetrazole rings is 1. The number of nitrogens with zero attached hydrogens (tertiary/aromatic N) is 6. The highest BCUT2D eigenvalue weighted by Crippen LogP contribution is 2.39. The van der Waals surface area contributed by atoms with Crippen LogP contribution in [0.3, 0.4) is 0 Å². The Hall–Kier alpha value is -5.49. The molecule has 2 heterocycles. The van der Waals surface area contributed by atoms with E-state index in [1.807, 2.05) is 60.7 Å². The van der Waals surface area contributed by atoms with Crippen molar-refractivity contribution in [1.82, 2.24) is 25.6 Å². The van der Waals surface area contributed by atoms with E-state index in [0.717, 1.165) is 24.3 Å². The molecule has 1 aliphatic heterocycles. The minimum atomic E-state index is -0.745. The summed E-state index contributed by atoms with van der Waals surface area (Å²) in [6.45, 7) is 13.9. The zero-order valence-electron chi connectivity index (χ0n) is 31.7. The number of anilines is 2. The summed E-state index contributed by atoms with van der Waals surface area (Å²) < 4.78 is 7.88. The number of hydrazine groups is 1. The van der Waals surface area contributed by atoms with Gasteiger partial charge in [-0.05, 0) is 101 Å². The number of para-hydroxylation sites is 2. The standard InChI is InChI=1S/C42H48N8O3S/c1-7-41(3,4)29-21-26-35(34(28-29)42(5,6)8-2)53-27-15-20-36(51)43-31-22-24-33(25-23-31)49-39(52)37(38(46-49)44-30-16-11-9-12-17-30)54-40-45-47-48-50(40)32-18-13-10-14-19-32/h9-14,16-19,21-26,28,37H,7-8,15,20,27H2,1-6H3,(H,43,51)(H,44,46)/t37-/m0/s1. The van der Waals surface area contributed by atoms with E-state index in [-0.39, 0.29) is 22.6 Å². The third-order valence-corrected chi connectivity index (χ3v) is 11.2. The van der Waals surface area contributed by atoms with Gasteiger partial charge < -0.3 is 10.1 Å². The Kier molecular flexibility index (Phi) is 11.8. The average Bonchev–Trinajstić information content (AvgIpc) is 3.78. The van der Waals surface area contributed by atoms with E-state index in [4.69, 9.17) is 9.73 Å². The molecule has 1 saturated heterocycles. The molecule has 4 aromatic carbocycles. The fourth-order valence-electron chi connectivity index (χ4n) is 5.91. The lowest BCUT2D eigenvalue weighted by atomic mass is 9.76. The van der Waals surface area contributed by atoms with Crippen molar-refractivity contribution in [2.24, 2.45) is 4.99 Å². The van der Waals surface area contributed by atoms with Gasteiger partial charge in [-0.25, -0.2) is 10.0 Å². The van der Waals surface area contributed by atoms with Gasteiger partial charge in [-0.3, -0.25) is 15.0 Å². The number of hydrogen-bond acceptors (Lipinski definition) is 8. The molecule has 1 aromatic heterocycles. The molecule has 0 bridgehead atoms. The lowest BCUT2D eigenvalue weighted by Gasteiger charge is -2.30. The van der Waals surface area contributed by atoms with Crippen molar-refractivity contribution in [1.29, 1.82) is 0 Å². The molecule has 0 radical (unpaired) electrons. The SMILES string of the molecule is CCC(C)(C)c1ccc(OCCCC(=O)Nc2ccc(N3NC(=Nc4ccccc4)[C@H](Sc4nnnn4-c4ccccc4)C3=O)cc2)c(C(C)(C)CC)c1. The number of carbonyl (C=O) groups excluding carboxylic acids is 2. The van der Waals surface area contributed by atoms with Crippen molar-refractivity contribution in [3.8, 4) is 11.4 Å². The minimum Gasteiger partial charge on any atom is -0.493 e. The maximum atomic E-state index is 14.0. The summed E-state index contributed by atoms with van der Waals surface area (Å²) in [5, 5.41) is 16.4. The predicted molar refractivity (Wildman–Crippen MR) is 216 cm³/mol. The van der Waals surface area contributed by atoms with E-state index in [1.54, 1.807) is 28.9 Å². The first-order valence-electron chi connectivity index (χ1n) is 18.4. The molecule has 5 aromatic rings. The molecule has 0 aliphatic carbocycles. The van der Waals surface area contributed by atoms with E-state index >= 15 is 0 Å². The van der Waals surface area contributed by atoms with Gasteiger partial charge in [-0.1, -0.05) is 102 Å². The second kappa shape index (κ2) is 16.7. The average molecular weight is 745 g/mol. The van der Waals surface area contributed by atoms with Crippen LogP contribution in [0.5, 0.6) is 5.75 Å². The first kappa shape index (κ1) is 38.2. The Bertz CT molecular complexity index is 2080. The van der Waals surface area contributed by atoms with Gasteiger partial charge in [-0.2, -0.15) is 4.68 Å². The van der Waals surface area contributed by atoms with Crippen LogP contribution in [0.1, 0.15) is 78.4 Å². The van der Waals surface area contributed by atoms with Gasteiger partial charge in [0.25, 0.3) is 5.91 Å². The lowest BCUT2D eigenvalue weighted by Crippen LogP contribution is -2.35. The molecule has 280 valence electrons. The number of carbonyl (C=O) groups is 2. The number of amidine groups is 1. The van der Waals surface area contributed by atoms with Crippen LogP contribution >= 0.6 is 11.8 Å². The van der Waals surface area contributed by atoms with Gasteiger partial charge in [0, 0.05) is 17.7 Å². The molecule has 6 rings (SSSR count). The minimum absolute atomic E-state index is 0.0370. The zero-order chi connectivity index (χ0) is 38.3. The molecular weight excluding hydrogens is 697 g/mol. The van der Waals surface area contributed by atoms with E-state index < -0.39 is 5.25 Å². The third kappa shape index (κ3) is 8.82. The first-order chi connectivity index (χ1) is 26.0. The van der Waals surface area contributed by atoms with Crippen molar-refractivity contribution < 1.29 is 14.3 Å². The molecule has 2 amide bonds. The van der Waals surface area contributed by atoms with Crippen molar-refractivity contribution in [2.45, 2.75) is 88.5 Å². The lowest BCUT2D eigenvalue weighted by molar-refractivity contribution is -0.117. The second-order valence-electron chi connectivity index (χ2n) is 14.6. The third-order valence-electron chi connectivity index (χ3n) is 10.1. The summed E-state index contributed by atoms with van der Waals surface area (Å²) in [5.41, 5.74) is 8.46. The topological polar surface area (TPSA) is 127 Å².